The van der Waals surface area contributed by atoms with E-state index in [0.29, 0.717) is 12.1 Å². The first-order valence-electron chi connectivity index (χ1n) is 7.80. The third-order valence-electron chi connectivity index (χ3n) is 5.22. The van der Waals surface area contributed by atoms with Crippen LogP contribution in [0.15, 0.2) is 0 Å². The van der Waals surface area contributed by atoms with Crippen LogP contribution in [0.2, 0.25) is 0 Å². The second-order valence-electron chi connectivity index (χ2n) is 5.87. The van der Waals surface area contributed by atoms with Gasteiger partial charge in [-0.1, -0.05) is 13.8 Å². The summed E-state index contributed by atoms with van der Waals surface area (Å²) in [5, 5.41) is 6.54. The Morgan fingerprint density at radius 2 is 2.11 bits per heavy atom. The molecule has 1 aliphatic heterocycles. The Morgan fingerprint density at radius 3 is 2.63 bits per heavy atom. The molecule has 4 nitrogen and oxygen atoms in total. The third kappa shape index (κ3) is 2.65. The summed E-state index contributed by atoms with van der Waals surface area (Å²) in [7, 11) is 0. The van der Waals surface area contributed by atoms with Gasteiger partial charge in [-0.2, -0.15) is 0 Å². The molecule has 2 aliphatic rings. The predicted molar refractivity (Wildman–Crippen MR) is 76.0 cm³/mol. The fourth-order valence-corrected chi connectivity index (χ4v) is 3.75. The summed E-state index contributed by atoms with van der Waals surface area (Å²) in [5.74, 6) is 0.397. The maximum Gasteiger partial charge on any atom is 0.224 e. The quantitative estimate of drug-likeness (QED) is 0.771. The molecule has 3 atom stereocenters. The lowest BCUT2D eigenvalue weighted by Crippen LogP contribution is -2.65. The highest BCUT2D eigenvalue weighted by Gasteiger charge is 2.54. The van der Waals surface area contributed by atoms with Crippen LogP contribution in [0.5, 0.6) is 0 Å². The Morgan fingerprint density at radius 1 is 1.37 bits per heavy atom. The van der Waals surface area contributed by atoms with E-state index in [0.717, 1.165) is 45.4 Å². The lowest BCUT2D eigenvalue weighted by molar-refractivity contribution is -0.150. The van der Waals surface area contributed by atoms with Gasteiger partial charge in [0.1, 0.15) is 0 Å². The largest absolute Gasteiger partial charge is 0.378 e. The van der Waals surface area contributed by atoms with E-state index in [1.54, 1.807) is 0 Å². The van der Waals surface area contributed by atoms with E-state index in [1.807, 2.05) is 6.92 Å². The van der Waals surface area contributed by atoms with Crippen molar-refractivity contribution in [3.63, 3.8) is 0 Å². The van der Waals surface area contributed by atoms with Gasteiger partial charge in [0.2, 0.25) is 5.91 Å². The fraction of sp³-hybridized carbons (Fsp3) is 0.933. The molecular formula is C15H28N2O2. The number of nitrogens with one attached hydrogen (secondary N) is 2. The Labute approximate surface area is 116 Å². The van der Waals surface area contributed by atoms with Gasteiger partial charge >= 0.3 is 0 Å². The molecule has 2 fully saturated rings. The van der Waals surface area contributed by atoms with Crippen LogP contribution in [0.1, 0.15) is 46.5 Å². The molecule has 4 heteroatoms. The standard InChI is InChI=1S/C15H28N2O2/c1-4-15(5-2)12(9-13(15)19-6-3)17-14(18)11-7-8-16-10-11/h11-13,16H,4-10H2,1-3H3,(H,17,18). The number of rotatable bonds is 6. The van der Waals surface area contributed by atoms with Crippen LogP contribution in [0.25, 0.3) is 0 Å². The maximum atomic E-state index is 12.2. The Kier molecular flexibility index (Phi) is 4.85. The maximum absolute atomic E-state index is 12.2. The van der Waals surface area contributed by atoms with Crippen molar-refractivity contribution in [3.05, 3.63) is 0 Å². The molecule has 0 aromatic rings. The van der Waals surface area contributed by atoms with Crippen LogP contribution in [0.3, 0.4) is 0 Å². The molecule has 2 N–H and O–H groups in total. The highest BCUT2D eigenvalue weighted by Crippen LogP contribution is 2.49. The van der Waals surface area contributed by atoms with E-state index in [9.17, 15) is 4.79 Å². The average molecular weight is 268 g/mol. The van der Waals surface area contributed by atoms with Gasteiger partial charge in [-0.3, -0.25) is 4.79 Å². The molecule has 1 saturated carbocycles. The number of carbonyl (C=O) groups is 1. The summed E-state index contributed by atoms with van der Waals surface area (Å²) >= 11 is 0. The Bertz CT molecular complexity index is 309. The highest BCUT2D eigenvalue weighted by molar-refractivity contribution is 5.79. The van der Waals surface area contributed by atoms with Gasteiger partial charge in [-0.05, 0) is 39.2 Å². The van der Waals surface area contributed by atoms with E-state index in [4.69, 9.17) is 4.74 Å². The summed E-state index contributed by atoms with van der Waals surface area (Å²) in [4.78, 5) is 12.2. The molecule has 3 unspecified atom stereocenters. The zero-order chi connectivity index (χ0) is 13.9. The minimum atomic E-state index is 0.150. The summed E-state index contributed by atoms with van der Waals surface area (Å²) in [6.07, 6.45) is 4.41. The van der Waals surface area contributed by atoms with Crippen molar-refractivity contribution in [3.8, 4) is 0 Å². The minimum absolute atomic E-state index is 0.150. The Balaban J connectivity index is 1.94. The van der Waals surface area contributed by atoms with Crippen molar-refractivity contribution >= 4 is 5.91 Å². The first-order chi connectivity index (χ1) is 9.17. The van der Waals surface area contributed by atoms with Gasteiger partial charge in [0.05, 0.1) is 12.0 Å². The van der Waals surface area contributed by atoms with Crippen molar-refractivity contribution in [2.24, 2.45) is 11.3 Å². The van der Waals surface area contributed by atoms with Crippen LogP contribution in [0.4, 0.5) is 0 Å². The molecule has 110 valence electrons. The molecular weight excluding hydrogens is 240 g/mol. The Hall–Kier alpha value is -0.610. The number of amides is 1. The molecule has 0 aromatic carbocycles. The molecule has 0 spiro atoms. The van der Waals surface area contributed by atoms with Gasteiger partial charge in [0.15, 0.2) is 0 Å². The van der Waals surface area contributed by atoms with Crippen molar-refractivity contribution in [1.29, 1.82) is 0 Å². The molecule has 0 bridgehead atoms. The second kappa shape index (κ2) is 6.23. The highest BCUT2D eigenvalue weighted by atomic mass is 16.5. The zero-order valence-electron chi connectivity index (χ0n) is 12.5. The number of ether oxygens (including phenoxy) is 1. The summed E-state index contributed by atoms with van der Waals surface area (Å²) < 4.78 is 5.85. The van der Waals surface area contributed by atoms with Crippen LogP contribution in [-0.2, 0) is 9.53 Å². The summed E-state index contributed by atoms with van der Waals surface area (Å²) in [6, 6.07) is 0.298. The zero-order valence-corrected chi connectivity index (χ0v) is 12.5. The summed E-state index contributed by atoms with van der Waals surface area (Å²) in [6.45, 7) is 9.04. The lowest BCUT2D eigenvalue weighted by atomic mass is 9.58. The first-order valence-corrected chi connectivity index (χ1v) is 7.80. The van der Waals surface area contributed by atoms with Gasteiger partial charge in [0, 0.05) is 24.6 Å². The summed E-state index contributed by atoms with van der Waals surface area (Å²) in [5.41, 5.74) is 0.150. The number of hydrogen-bond acceptors (Lipinski definition) is 3. The van der Waals surface area contributed by atoms with E-state index in [-0.39, 0.29) is 17.2 Å². The monoisotopic (exact) mass is 268 g/mol. The third-order valence-corrected chi connectivity index (χ3v) is 5.22. The normalized spacial score (nSPS) is 32.9. The smallest absolute Gasteiger partial charge is 0.224 e. The molecule has 19 heavy (non-hydrogen) atoms. The molecule has 1 aliphatic carbocycles. The first kappa shape index (κ1) is 14.8. The van der Waals surface area contributed by atoms with Gasteiger partial charge in [-0.25, -0.2) is 0 Å². The van der Waals surface area contributed by atoms with E-state index in [1.165, 1.54) is 0 Å². The van der Waals surface area contributed by atoms with E-state index >= 15 is 0 Å². The second-order valence-corrected chi connectivity index (χ2v) is 5.87. The van der Waals surface area contributed by atoms with E-state index < -0.39 is 0 Å². The molecule has 1 saturated heterocycles. The average Bonchev–Trinajstić information content (AvgIpc) is 2.93. The SMILES string of the molecule is CCOC1CC(NC(=O)C2CCNC2)C1(CC)CC. The van der Waals surface area contributed by atoms with Gasteiger partial charge in [-0.15, -0.1) is 0 Å². The van der Waals surface area contributed by atoms with Crippen molar-refractivity contribution < 1.29 is 9.53 Å². The molecule has 2 rings (SSSR count). The van der Waals surface area contributed by atoms with Crippen LogP contribution < -0.4 is 10.6 Å². The number of hydrogen-bond donors (Lipinski definition) is 2. The molecule has 1 amide bonds. The molecule has 1 heterocycles. The molecule has 0 aromatic heterocycles. The van der Waals surface area contributed by atoms with Gasteiger partial charge < -0.3 is 15.4 Å². The van der Waals surface area contributed by atoms with Crippen molar-refractivity contribution in [2.75, 3.05) is 19.7 Å². The van der Waals surface area contributed by atoms with Crippen LogP contribution >= 0.6 is 0 Å². The number of carbonyl (C=O) groups excluding carboxylic acids is 1. The van der Waals surface area contributed by atoms with E-state index in [2.05, 4.69) is 24.5 Å². The minimum Gasteiger partial charge on any atom is -0.378 e. The predicted octanol–water partition coefficient (Wildman–Crippen LogP) is 1.70. The van der Waals surface area contributed by atoms with Crippen molar-refractivity contribution in [2.45, 2.75) is 58.6 Å². The van der Waals surface area contributed by atoms with Crippen LogP contribution in [-0.4, -0.2) is 37.7 Å². The lowest BCUT2D eigenvalue weighted by Gasteiger charge is -2.55. The van der Waals surface area contributed by atoms with Crippen LogP contribution in [0, 0.1) is 11.3 Å². The topological polar surface area (TPSA) is 50.4 Å². The molecule has 0 radical (unpaired) electrons. The van der Waals surface area contributed by atoms with Gasteiger partial charge in [0.25, 0.3) is 0 Å². The fourth-order valence-electron chi connectivity index (χ4n) is 3.75. The van der Waals surface area contributed by atoms with Crippen molar-refractivity contribution in [1.82, 2.24) is 10.6 Å².